The number of aliphatic hydroxyl groups excluding tert-OH is 2. The van der Waals surface area contributed by atoms with Gasteiger partial charge in [0.05, 0.1) is 31.2 Å². The molecule has 0 amide bonds. The van der Waals surface area contributed by atoms with E-state index in [1.165, 1.54) is 5.57 Å². The molecule has 0 unspecified atom stereocenters. The summed E-state index contributed by atoms with van der Waals surface area (Å²) in [5.41, 5.74) is 7.71. The van der Waals surface area contributed by atoms with Gasteiger partial charge in [-0.25, -0.2) is 0 Å². The fourth-order valence-corrected chi connectivity index (χ4v) is 7.16. The van der Waals surface area contributed by atoms with Crippen LogP contribution in [0.25, 0.3) is 12.2 Å². The summed E-state index contributed by atoms with van der Waals surface area (Å²) < 4.78 is 26.9. The Morgan fingerprint density at radius 1 is 1.08 bits per heavy atom. The molecule has 12 heteroatoms. The zero-order valence-electron chi connectivity index (χ0n) is 30.4. The molecule has 0 saturated heterocycles. The summed E-state index contributed by atoms with van der Waals surface area (Å²) in [6.07, 6.45) is 9.65. The average molecular weight is 689 g/mol. The number of nitrogens with zero attached hydrogens (tertiary/aromatic N) is 3. The van der Waals surface area contributed by atoms with Crippen molar-refractivity contribution >= 4 is 12.2 Å². The first kappa shape index (κ1) is 36.8. The Kier molecular flexibility index (Phi) is 11.1. The molecule has 270 valence electrons. The molecule has 1 fully saturated rings. The van der Waals surface area contributed by atoms with E-state index in [2.05, 4.69) is 47.0 Å². The van der Waals surface area contributed by atoms with Gasteiger partial charge >= 0.3 is 0 Å². The second-order valence-corrected chi connectivity index (χ2v) is 14.3. The number of methoxy groups -OCH3 is 1. The number of aryl methyl sites for hydroxylation is 1. The normalized spacial score (nSPS) is 22.6. The van der Waals surface area contributed by atoms with E-state index >= 15 is 0 Å². The van der Waals surface area contributed by atoms with Crippen molar-refractivity contribution in [1.29, 1.82) is 0 Å². The third-order valence-electron chi connectivity index (χ3n) is 9.80. The molecule has 5 rings (SSSR count). The van der Waals surface area contributed by atoms with Crippen molar-refractivity contribution in [2.24, 2.45) is 24.2 Å². The van der Waals surface area contributed by atoms with Gasteiger partial charge in [-0.1, -0.05) is 42.9 Å². The van der Waals surface area contributed by atoms with Crippen LogP contribution in [0.5, 0.6) is 23.0 Å². The lowest BCUT2D eigenvalue weighted by atomic mass is 9.57. The van der Waals surface area contributed by atoms with E-state index in [4.69, 9.17) is 24.8 Å². The molecule has 1 aliphatic heterocycles. The largest absolute Gasteiger partial charge is 0.493 e. The minimum Gasteiger partial charge on any atom is -0.493 e. The molecule has 1 aromatic heterocycles. The molecule has 2 heterocycles. The second kappa shape index (κ2) is 15.2. The zero-order chi connectivity index (χ0) is 36.2. The maximum absolute atomic E-state index is 10.9. The molecule has 12 nitrogen and oxygen atoms in total. The third kappa shape index (κ3) is 7.93. The van der Waals surface area contributed by atoms with Crippen LogP contribution in [0.2, 0.25) is 0 Å². The van der Waals surface area contributed by atoms with Gasteiger partial charge in [-0.15, -0.1) is 5.10 Å². The highest BCUT2D eigenvalue weighted by atomic mass is 16.5. The molecule has 0 bridgehead atoms. The molecule has 6 N–H and O–H groups in total. The highest BCUT2D eigenvalue weighted by Gasteiger charge is 2.58. The Labute approximate surface area is 294 Å². The van der Waals surface area contributed by atoms with E-state index in [1.54, 1.807) is 25.0 Å². The minimum atomic E-state index is -0.865. The molecule has 2 aromatic carbocycles. The maximum Gasteiger partial charge on any atom is 0.165 e. The van der Waals surface area contributed by atoms with Gasteiger partial charge in [0.1, 0.15) is 36.0 Å². The number of aliphatic hydroxyl groups is 2. The topological polar surface area (TPSA) is 158 Å². The molecule has 1 aliphatic carbocycles. The molecule has 3 aromatic rings. The van der Waals surface area contributed by atoms with E-state index in [0.29, 0.717) is 53.7 Å². The minimum absolute atomic E-state index is 0.0169. The molecular weight excluding hydrogens is 636 g/mol. The highest BCUT2D eigenvalue weighted by Crippen LogP contribution is 2.55. The number of hydrogen-bond acceptors (Lipinski definition) is 11. The van der Waals surface area contributed by atoms with Crippen LogP contribution in [0.3, 0.4) is 0 Å². The van der Waals surface area contributed by atoms with Crippen LogP contribution in [0, 0.1) is 11.3 Å². The van der Waals surface area contributed by atoms with Crippen LogP contribution in [0.4, 0.5) is 0 Å². The molecule has 50 heavy (non-hydrogen) atoms. The first-order valence-electron chi connectivity index (χ1n) is 17.0. The fraction of sp³-hybridized carbons (Fsp3) is 0.474. The number of allylic oxidation sites excluding steroid dienone is 2. The fourth-order valence-electron chi connectivity index (χ4n) is 7.16. The van der Waals surface area contributed by atoms with E-state index in [-0.39, 0.29) is 19.1 Å². The highest BCUT2D eigenvalue weighted by molar-refractivity contribution is 5.74. The number of rotatable bonds is 13. The first-order chi connectivity index (χ1) is 23.8. The number of benzene rings is 2. The molecule has 2 aliphatic rings. The lowest BCUT2D eigenvalue weighted by molar-refractivity contribution is -0.187. The van der Waals surface area contributed by atoms with Crippen molar-refractivity contribution in [3.63, 3.8) is 0 Å². The predicted molar refractivity (Wildman–Crippen MR) is 193 cm³/mol. The van der Waals surface area contributed by atoms with Crippen molar-refractivity contribution < 1.29 is 29.2 Å². The Balaban J connectivity index is 1.53. The Morgan fingerprint density at radius 2 is 1.76 bits per heavy atom. The summed E-state index contributed by atoms with van der Waals surface area (Å²) >= 11 is 0. The SMILES string of the molecule is CN/C=C(/COc1cc(/C=C/c2cc3c(c(OC)c2)O[C@]2(C)C[C@@H](O)[C@@H](O)C(C)(C)[C@H]2C3)cc(OCc2cn(C)nn2)c1CC=C(C)C)NN. The van der Waals surface area contributed by atoms with Crippen molar-refractivity contribution in [2.75, 3.05) is 20.8 Å². The number of fused-ring (bicyclic) bond motifs is 2. The lowest BCUT2D eigenvalue weighted by Crippen LogP contribution is -2.63. The summed E-state index contributed by atoms with van der Waals surface area (Å²) in [5.74, 6) is 8.36. The quantitative estimate of drug-likeness (QED) is 0.0748. The van der Waals surface area contributed by atoms with Crippen molar-refractivity contribution in [2.45, 2.75) is 78.3 Å². The van der Waals surface area contributed by atoms with Gasteiger partial charge in [0.25, 0.3) is 0 Å². The number of nitrogens with one attached hydrogen (secondary N) is 2. The van der Waals surface area contributed by atoms with Gasteiger partial charge in [0.2, 0.25) is 0 Å². The summed E-state index contributed by atoms with van der Waals surface area (Å²) in [6.45, 7) is 10.6. The Hall–Kier alpha value is -4.52. The average Bonchev–Trinajstić information content (AvgIpc) is 3.50. The van der Waals surface area contributed by atoms with Crippen LogP contribution >= 0.6 is 0 Å². The second-order valence-electron chi connectivity index (χ2n) is 14.3. The zero-order valence-corrected chi connectivity index (χ0v) is 30.4. The molecule has 0 radical (unpaired) electrons. The monoisotopic (exact) mass is 688 g/mol. The molecule has 4 atom stereocenters. The third-order valence-corrected chi connectivity index (χ3v) is 9.80. The van der Waals surface area contributed by atoms with Gasteiger partial charge in [-0.05, 0) is 74.6 Å². The van der Waals surface area contributed by atoms with E-state index in [1.807, 2.05) is 64.4 Å². The van der Waals surface area contributed by atoms with E-state index < -0.39 is 23.2 Å². The number of hydrazine groups is 1. The van der Waals surface area contributed by atoms with Crippen LogP contribution in [0.15, 0.2) is 54.0 Å². The number of hydrogen-bond donors (Lipinski definition) is 5. The predicted octanol–water partition coefficient (Wildman–Crippen LogP) is 4.45. The van der Waals surface area contributed by atoms with Crippen LogP contribution < -0.4 is 35.5 Å². The van der Waals surface area contributed by atoms with Gasteiger partial charge in [-0.3, -0.25) is 10.5 Å². The van der Waals surface area contributed by atoms with Crippen LogP contribution in [-0.4, -0.2) is 63.8 Å². The van der Waals surface area contributed by atoms with Crippen LogP contribution in [-0.2, 0) is 26.5 Å². The smallest absolute Gasteiger partial charge is 0.165 e. The van der Waals surface area contributed by atoms with Crippen LogP contribution in [0.1, 0.15) is 69.0 Å². The van der Waals surface area contributed by atoms with Crippen molar-refractivity contribution in [3.05, 3.63) is 82.0 Å². The summed E-state index contributed by atoms with van der Waals surface area (Å²) in [6, 6.07) is 8.05. The first-order valence-corrected chi connectivity index (χ1v) is 17.0. The van der Waals surface area contributed by atoms with Crippen molar-refractivity contribution in [1.82, 2.24) is 25.7 Å². The Morgan fingerprint density at radius 3 is 2.38 bits per heavy atom. The number of aromatic nitrogens is 3. The van der Waals surface area contributed by atoms with Gasteiger partial charge in [0.15, 0.2) is 11.5 Å². The number of nitrogens with two attached hydrogens (primary N) is 1. The summed E-state index contributed by atoms with van der Waals surface area (Å²) in [7, 11) is 5.25. The standard InChI is InChI=1S/C38H52N6O6/c1-23(2)9-12-29-31(48-21-27(41-39)19-40-6)14-25(15-32(29)49-22-28-20-44(7)43-42-28)11-10-24-13-26-17-34-37(3,4)36(46)30(45)18-38(34,5)50-35(26)33(16-24)47-8/h9-11,13-16,19-20,30,34,36,40-41,45-46H,12,17-18,21-22,39H2,1-8H3/b11-10+,27-19-/t30-,34-,36-,38-/m1/s1. The van der Waals surface area contributed by atoms with Crippen molar-refractivity contribution in [3.8, 4) is 23.0 Å². The molecule has 1 saturated carbocycles. The summed E-state index contributed by atoms with van der Waals surface area (Å²) in [5, 5.41) is 32.8. The van der Waals surface area contributed by atoms with E-state index in [9.17, 15) is 10.2 Å². The maximum atomic E-state index is 10.9. The summed E-state index contributed by atoms with van der Waals surface area (Å²) in [4.78, 5) is 0. The lowest BCUT2D eigenvalue weighted by Gasteiger charge is -2.56. The van der Waals surface area contributed by atoms with Gasteiger partial charge < -0.3 is 39.9 Å². The molecular formula is C38H52N6O6. The Bertz CT molecular complexity index is 1760. The van der Waals surface area contributed by atoms with Gasteiger partial charge in [0, 0.05) is 43.6 Å². The molecule has 0 spiro atoms. The van der Waals surface area contributed by atoms with Gasteiger partial charge in [-0.2, -0.15) is 0 Å². The van der Waals surface area contributed by atoms with E-state index in [0.717, 1.165) is 22.3 Å². The number of ether oxygens (including phenoxy) is 4.